The predicted octanol–water partition coefficient (Wildman–Crippen LogP) is 6.00. The highest BCUT2D eigenvalue weighted by Crippen LogP contribution is 2.24. The highest BCUT2D eigenvalue weighted by Gasteiger charge is 2.07. The summed E-state index contributed by atoms with van der Waals surface area (Å²) in [6.07, 6.45) is 3.28. The number of ether oxygens (including phenoxy) is 2. The zero-order chi connectivity index (χ0) is 21.5. The second-order valence-electron chi connectivity index (χ2n) is 7.33. The first kappa shape index (κ1) is 21.2. The van der Waals surface area contributed by atoms with E-state index < -0.39 is 0 Å². The van der Waals surface area contributed by atoms with Gasteiger partial charge in [-0.25, -0.2) is 0 Å². The zero-order valence-electron chi connectivity index (χ0n) is 17.5. The SMILES string of the molecule is COc1ccc(/C=C/C(=O)c2ccc(O)cc2)cc1COc1ccc(C(C)C)cc1. The minimum absolute atomic E-state index is 0.131. The number of benzene rings is 3. The van der Waals surface area contributed by atoms with Gasteiger partial charge >= 0.3 is 0 Å². The number of rotatable bonds is 8. The molecule has 0 aliphatic rings. The summed E-state index contributed by atoms with van der Waals surface area (Å²) in [4.78, 5) is 12.3. The molecule has 154 valence electrons. The van der Waals surface area contributed by atoms with E-state index >= 15 is 0 Å². The molecule has 0 unspecified atom stereocenters. The zero-order valence-corrected chi connectivity index (χ0v) is 17.5. The third-order valence-corrected chi connectivity index (χ3v) is 4.82. The van der Waals surface area contributed by atoms with E-state index in [1.54, 1.807) is 25.3 Å². The highest BCUT2D eigenvalue weighted by atomic mass is 16.5. The van der Waals surface area contributed by atoms with Crippen molar-refractivity contribution in [2.45, 2.75) is 26.4 Å². The number of aromatic hydroxyl groups is 1. The van der Waals surface area contributed by atoms with Crippen molar-refractivity contribution in [2.75, 3.05) is 7.11 Å². The molecule has 3 aromatic carbocycles. The number of carbonyl (C=O) groups excluding carboxylic acids is 1. The number of phenolic OH excluding ortho intramolecular Hbond substituents is 1. The minimum atomic E-state index is -0.131. The van der Waals surface area contributed by atoms with Gasteiger partial charge in [0.2, 0.25) is 0 Å². The maximum atomic E-state index is 12.3. The van der Waals surface area contributed by atoms with Crippen LogP contribution in [0.3, 0.4) is 0 Å². The Labute approximate surface area is 177 Å². The lowest BCUT2D eigenvalue weighted by Crippen LogP contribution is -2.00. The molecule has 0 bridgehead atoms. The monoisotopic (exact) mass is 402 g/mol. The van der Waals surface area contributed by atoms with Crippen LogP contribution in [0.25, 0.3) is 6.08 Å². The summed E-state index contributed by atoms with van der Waals surface area (Å²) in [5.74, 6) is 2.01. The van der Waals surface area contributed by atoms with Crippen molar-refractivity contribution in [3.63, 3.8) is 0 Å². The molecule has 0 aliphatic heterocycles. The van der Waals surface area contributed by atoms with Gasteiger partial charge in [-0.15, -0.1) is 0 Å². The van der Waals surface area contributed by atoms with Crippen LogP contribution in [0.4, 0.5) is 0 Å². The van der Waals surface area contributed by atoms with Crippen LogP contribution < -0.4 is 9.47 Å². The Morgan fingerprint density at radius 1 is 1.00 bits per heavy atom. The van der Waals surface area contributed by atoms with Crippen molar-refractivity contribution < 1.29 is 19.4 Å². The van der Waals surface area contributed by atoms with Gasteiger partial charge in [0.1, 0.15) is 23.9 Å². The van der Waals surface area contributed by atoms with E-state index in [1.165, 1.54) is 23.8 Å². The third kappa shape index (κ3) is 5.51. The van der Waals surface area contributed by atoms with Crippen LogP contribution in [0, 0.1) is 0 Å². The van der Waals surface area contributed by atoms with Crippen molar-refractivity contribution in [1.82, 2.24) is 0 Å². The second-order valence-corrected chi connectivity index (χ2v) is 7.33. The molecule has 0 aliphatic carbocycles. The molecule has 0 heterocycles. The van der Waals surface area contributed by atoms with Crippen molar-refractivity contribution in [3.05, 3.63) is 95.1 Å². The molecule has 0 saturated carbocycles. The number of ketones is 1. The van der Waals surface area contributed by atoms with E-state index in [4.69, 9.17) is 9.47 Å². The van der Waals surface area contributed by atoms with Gasteiger partial charge in [-0.05, 0) is 71.7 Å². The minimum Gasteiger partial charge on any atom is -0.508 e. The molecule has 0 aromatic heterocycles. The summed E-state index contributed by atoms with van der Waals surface area (Å²) in [6.45, 7) is 4.68. The van der Waals surface area contributed by atoms with Crippen molar-refractivity contribution in [3.8, 4) is 17.2 Å². The number of allylic oxidation sites excluding steroid dienone is 1. The standard InChI is InChI=1S/C26H26O4/c1-18(2)20-8-12-24(13-9-20)30-17-22-16-19(5-15-26(22)29-3)4-14-25(28)21-6-10-23(27)11-7-21/h4-16,18,27H,17H2,1-3H3/b14-4+. The molecule has 0 amide bonds. The highest BCUT2D eigenvalue weighted by molar-refractivity contribution is 6.06. The Morgan fingerprint density at radius 2 is 1.70 bits per heavy atom. The number of methoxy groups -OCH3 is 1. The Morgan fingerprint density at radius 3 is 2.33 bits per heavy atom. The fraction of sp³-hybridized carbons (Fsp3) is 0.192. The Hall–Kier alpha value is -3.53. The maximum Gasteiger partial charge on any atom is 0.185 e. The smallest absolute Gasteiger partial charge is 0.185 e. The molecule has 0 spiro atoms. The van der Waals surface area contributed by atoms with E-state index in [0.717, 1.165) is 22.6 Å². The number of hydrogen-bond donors (Lipinski definition) is 1. The quantitative estimate of drug-likeness (QED) is 0.371. The Balaban J connectivity index is 1.71. The van der Waals surface area contributed by atoms with Crippen molar-refractivity contribution in [1.29, 1.82) is 0 Å². The van der Waals surface area contributed by atoms with Gasteiger partial charge in [0, 0.05) is 11.1 Å². The van der Waals surface area contributed by atoms with E-state index in [1.807, 2.05) is 30.3 Å². The summed E-state index contributed by atoms with van der Waals surface area (Å²) in [6, 6.07) is 20.0. The van der Waals surface area contributed by atoms with E-state index in [0.29, 0.717) is 18.1 Å². The first-order chi connectivity index (χ1) is 14.5. The average molecular weight is 402 g/mol. The van der Waals surface area contributed by atoms with Crippen molar-refractivity contribution in [2.24, 2.45) is 0 Å². The molecule has 4 nitrogen and oxygen atoms in total. The van der Waals surface area contributed by atoms with Crippen LogP contribution in [0.5, 0.6) is 17.2 Å². The summed E-state index contributed by atoms with van der Waals surface area (Å²) < 4.78 is 11.4. The van der Waals surface area contributed by atoms with Gasteiger partial charge in [-0.3, -0.25) is 4.79 Å². The van der Waals surface area contributed by atoms with Crippen LogP contribution in [-0.2, 0) is 6.61 Å². The first-order valence-electron chi connectivity index (χ1n) is 9.87. The van der Waals surface area contributed by atoms with Crippen LogP contribution >= 0.6 is 0 Å². The summed E-state index contributed by atoms with van der Waals surface area (Å²) in [5, 5.41) is 9.34. The fourth-order valence-corrected chi connectivity index (χ4v) is 3.02. The van der Waals surface area contributed by atoms with Crippen LogP contribution in [0.15, 0.2) is 72.8 Å². The largest absolute Gasteiger partial charge is 0.508 e. The Bertz CT molecular complexity index is 1020. The fourth-order valence-electron chi connectivity index (χ4n) is 3.02. The average Bonchev–Trinajstić information content (AvgIpc) is 2.76. The lowest BCUT2D eigenvalue weighted by Gasteiger charge is -2.12. The topological polar surface area (TPSA) is 55.8 Å². The van der Waals surface area contributed by atoms with E-state index in [-0.39, 0.29) is 11.5 Å². The van der Waals surface area contributed by atoms with Gasteiger partial charge in [-0.2, -0.15) is 0 Å². The molecule has 0 radical (unpaired) electrons. The lowest BCUT2D eigenvalue weighted by atomic mass is 10.0. The molecule has 3 rings (SSSR count). The van der Waals surface area contributed by atoms with Crippen molar-refractivity contribution >= 4 is 11.9 Å². The molecule has 0 saturated heterocycles. The molecular formula is C26H26O4. The molecular weight excluding hydrogens is 376 g/mol. The van der Waals surface area contributed by atoms with E-state index in [2.05, 4.69) is 26.0 Å². The second kappa shape index (κ2) is 9.79. The van der Waals surface area contributed by atoms with Gasteiger partial charge in [0.05, 0.1) is 7.11 Å². The van der Waals surface area contributed by atoms with Crippen LogP contribution in [-0.4, -0.2) is 18.0 Å². The molecule has 30 heavy (non-hydrogen) atoms. The molecule has 3 aromatic rings. The lowest BCUT2D eigenvalue weighted by molar-refractivity contribution is 0.104. The van der Waals surface area contributed by atoms with Gasteiger partial charge in [-0.1, -0.05) is 38.1 Å². The number of phenols is 1. The molecule has 1 N–H and O–H groups in total. The number of carbonyl (C=O) groups is 1. The summed E-state index contributed by atoms with van der Waals surface area (Å²) in [5.41, 5.74) is 3.55. The molecule has 4 heteroatoms. The van der Waals surface area contributed by atoms with Crippen LogP contribution in [0.1, 0.15) is 46.8 Å². The van der Waals surface area contributed by atoms with Gasteiger partial charge in [0.25, 0.3) is 0 Å². The predicted molar refractivity (Wildman–Crippen MR) is 119 cm³/mol. The Kier molecular flexibility index (Phi) is 6.91. The number of hydrogen-bond acceptors (Lipinski definition) is 4. The summed E-state index contributed by atoms with van der Waals surface area (Å²) in [7, 11) is 1.63. The van der Waals surface area contributed by atoms with Gasteiger partial charge in [0.15, 0.2) is 5.78 Å². The molecule has 0 fully saturated rings. The first-order valence-corrected chi connectivity index (χ1v) is 9.87. The summed E-state index contributed by atoms with van der Waals surface area (Å²) >= 11 is 0. The van der Waals surface area contributed by atoms with Gasteiger partial charge < -0.3 is 14.6 Å². The maximum absolute atomic E-state index is 12.3. The van der Waals surface area contributed by atoms with E-state index in [9.17, 15) is 9.90 Å². The normalized spacial score (nSPS) is 11.1. The molecule has 0 atom stereocenters. The van der Waals surface area contributed by atoms with Crippen LogP contribution in [0.2, 0.25) is 0 Å². The third-order valence-electron chi connectivity index (χ3n) is 4.82.